The maximum absolute atomic E-state index is 13.2. The number of alkyl carbamates (subject to hydrolysis) is 1. The number of pyridine rings is 1. The third-order valence-corrected chi connectivity index (χ3v) is 9.23. The van der Waals surface area contributed by atoms with Crippen LogP contribution in [-0.4, -0.2) is 66.5 Å². The molecule has 2 amide bonds. The van der Waals surface area contributed by atoms with Gasteiger partial charge in [0.2, 0.25) is 0 Å². The Hall–Kier alpha value is -1.57. The fourth-order valence-corrected chi connectivity index (χ4v) is 6.37. The summed E-state index contributed by atoms with van der Waals surface area (Å²) >= 11 is 8.79. The van der Waals surface area contributed by atoms with Crippen LogP contribution in [0, 0.1) is 0 Å². The number of nitrogens with one attached hydrogen (secondary N) is 2. The molecule has 172 valence electrons. The number of anilines is 2. The molecule has 33 heavy (non-hydrogen) atoms. The molecule has 8 nitrogen and oxygen atoms in total. The van der Waals surface area contributed by atoms with Crippen molar-refractivity contribution in [2.24, 2.45) is 0 Å². The van der Waals surface area contributed by atoms with Crippen LogP contribution in [-0.2, 0) is 11.3 Å². The molecule has 11 heteroatoms. The van der Waals surface area contributed by atoms with Crippen LogP contribution in [0.25, 0.3) is 0 Å². The standard InChI is InChI=1S/C22H26ClN5O3S.Tl/c1-22(2,3)31-21(30)26-17-6-8-32-18-10-12(15(23)9-13(17)18)20(29)25-16-5-7-24-19-14(16)11-28(4)27-19;/h5,7,9-10,17H,6,8,11H2,1-4H3,(H3,24,25,26,27,29,30);/q;+1/p-1/t17-;/m0./s1. The van der Waals surface area contributed by atoms with E-state index in [1.54, 1.807) is 24.0 Å². The molecule has 0 spiro atoms. The summed E-state index contributed by atoms with van der Waals surface area (Å²) in [6.45, 7) is 6.18. The molecule has 2 N–H and O–H groups in total. The predicted molar refractivity (Wildman–Crippen MR) is 131 cm³/mol. The molecule has 1 aromatic heterocycles. The number of halogens is 1. The summed E-state index contributed by atoms with van der Waals surface area (Å²) in [5.41, 5.74) is 2.47. The van der Waals surface area contributed by atoms with Crippen molar-refractivity contribution in [1.29, 1.82) is 0 Å². The third kappa shape index (κ3) is 5.41. The number of carbonyl (C=O) groups excluding carboxylic acids is 2. The van der Waals surface area contributed by atoms with Gasteiger partial charge in [-0.2, -0.15) is 0 Å². The summed E-state index contributed by atoms with van der Waals surface area (Å²) in [4.78, 5) is 30.9. The van der Waals surface area contributed by atoms with Gasteiger partial charge in [0.1, 0.15) is 5.60 Å². The summed E-state index contributed by atoms with van der Waals surface area (Å²) < 4.78 is 7.52. The molecule has 4 rings (SSSR count). The van der Waals surface area contributed by atoms with Gasteiger partial charge in [0.25, 0.3) is 0 Å². The Morgan fingerprint density at radius 2 is 2.09 bits per heavy atom. The fourth-order valence-electron chi connectivity index (χ4n) is 3.79. The number of amides is 2. The number of hydrogen-bond acceptors (Lipinski definition) is 7. The number of nitrogens with zero attached hydrogens (tertiary/aromatic N) is 3. The molecule has 1 atom stereocenters. The minimum absolute atomic E-state index is 0.217. The van der Waals surface area contributed by atoms with Crippen molar-refractivity contribution < 1.29 is 14.3 Å². The number of aromatic nitrogens is 1. The Morgan fingerprint density at radius 3 is 2.82 bits per heavy atom. The zero-order chi connectivity index (χ0) is 23.9. The minimum atomic E-state index is -0.574. The van der Waals surface area contributed by atoms with E-state index >= 15 is 0 Å². The van der Waals surface area contributed by atoms with Crippen molar-refractivity contribution in [3.63, 3.8) is 0 Å². The number of hydrazine groups is 1. The summed E-state index contributed by atoms with van der Waals surface area (Å²) in [6.07, 6.45) is 2.00. The van der Waals surface area contributed by atoms with Crippen LogP contribution in [0.5, 0.6) is 0 Å². The first-order chi connectivity index (χ1) is 15.5. The SMILES string of the molecule is CN1Cc2c(NC(=O)c3cc4c(cc3Cl)[C@@H](NC(=O)OC(C)(C)C)CCS4)ccnc2[N]1[Tl]. The molecule has 0 saturated carbocycles. The van der Waals surface area contributed by atoms with E-state index in [2.05, 4.69) is 23.4 Å². The predicted octanol–water partition coefficient (Wildman–Crippen LogP) is 4.30. The van der Waals surface area contributed by atoms with Gasteiger partial charge in [-0.1, -0.05) is 0 Å². The van der Waals surface area contributed by atoms with Gasteiger partial charge in [0, 0.05) is 0 Å². The van der Waals surface area contributed by atoms with Crippen molar-refractivity contribution >= 4 is 72.9 Å². The van der Waals surface area contributed by atoms with E-state index in [1.165, 1.54) is 0 Å². The summed E-state index contributed by atoms with van der Waals surface area (Å²) in [5, 5.41) is 8.40. The van der Waals surface area contributed by atoms with E-state index in [-0.39, 0.29) is 11.9 Å². The molecule has 0 unspecified atom stereocenters. The van der Waals surface area contributed by atoms with E-state index in [4.69, 9.17) is 16.3 Å². The van der Waals surface area contributed by atoms with Crippen molar-refractivity contribution in [1.82, 2.24) is 15.3 Å². The molecule has 0 aliphatic carbocycles. The van der Waals surface area contributed by atoms with Crippen molar-refractivity contribution in [2.75, 3.05) is 20.9 Å². The first kappa shape index (κ1) is 24.6. The normalized spacial score (nSPS) is 17.8. The molecule has 2 aliphatic heterocycles. The first-order valence-corrected chi connectivity index (χ1v) is 13.9. The van der Waals surface area contributed by atoms with E-state index in [0.29, 0.717) is 43.2 Å². The molecule has 0 saturated heterocycles. The molecule has 3 heterocycles. The Labute approximate surface area is 218 Å². The van der Waals surface area contributed by atoms with E-state index in [1.807, 2.05) is 40.0 Å². The number of benzene rings is 1. The molecule has 2 aromatic rings. The van der Waals surface area contributed by atoms with Gasteiger partial charge >= 0.3 is 184 Å². The second kappa shape index (κ2) is 9.59. The van der Waals surface area contributed by atoms with Gasteiger partial charge in [-0.25, -0.2) is 4.79 Å². The van der Waals surface area contributed by atoms with Crippen LogP contribution in [0.2, 0.25) is 5.02 Å². The molecule has 0 fully saturated rings. The Kier molecular flexibility index (Phi) is 7.13. The first-order valence-electron chi connectivity index (χ1n) is 10.5. The van der Waals surface area contributed by atoms with Gasteiger partial charge < -0.3 is 4.74 Å². The van der Waals surface area contributed by atoms with E-state index in [9.17, 15) is 9.59 Å². The average Bonchev–Trinajstić information content (AvgIpc) is 3.02. The van der Waals surface area contributed by atoms with Crippen molar-refractivity contribution in [3.8, 4) is 0 Å². The van der Waals surface area contributed by atoms with Crippen molar-refractivity contribution in [3.05, 3.63) is 46.1 Å². The summed E-state index contributed by atoms with van der Waals surface area (Å²) in [7, 11) is 2.01. The van der Waals surface area contributed by atoms with Gasteiger partial charge in [0.15, 0.2) is 0 Å². The zero-order valence-electron chi connectivity index (χ0n) is 18.9. The van der Waals surface area contributed by atoms with Gasteiger partial charge in [0.05, 0.1) is 0 Å². The number of thioether (sulfide) groups is 1. The Bertz CT molecular complexity index is 1110. The molecular formula is C22H25ClN5O3STl. The second-order valence-corrected chi connectivity index (χ2v) is 12.4. The molecular weight excluding hydrogens is 654 g/mol. The van der Waals surface area contributed by atoms with E-state index in [0.717, 1.165) is 39.7 Å². The van der Waals surface area contributed by atoms with Crippen LogP contribution < -0.4 is 13.5 Å². The summed E-state index contributed by atoms with van der Waals surface area (Å²) in [6, 6.07) is 5.20. The average molecular weight is 679 g/mol. The number of hydrogen-bond donors (Lipinski definition) is 2. The van der Waals surface area contributed by atoms with Crippen LogP contribution in [0.15, 0.2) is 29.3 Å². The third-order valence-electron chi connectivity index (χ3n) is 5.33. The molecule has 1 aromatic carbocycles. The number of fused-ring (bicyclic) bond motifs is 2. The Morgan fingerprint density at radius 1 is 1.33 bits per heavy atom. The number of carbonyl (C=O) groups is 2. The second-order valence-electron chi connectivity index (χ2n) is 8.98. The maximum atomic E-state index is 13.2. The number of ether oxygens (including phenoxy) is 1. The van der Waals surface area contributed by atoms with Gasteiger partial charge in [-0.3, -0.25) is 0 Å². The molecule has 0 bridgehead atoms. The van der Waals surface area contributed by atoms with Crippen molar-refractivity contribution in [2.45, 2.75) is 50.3 Å². The van der Waals surface area contributed by atoms with Crippen LogP contribution in [0.3, 0.4) is 0 Å². The van der Waals surface area contributed by atoms with Crippen LogP contribution in [0.4, 0.5) is 16.3 Å². The van der Waals surface area contributed by atoms with E-state index < -0.39 is 11.7 Å². The molecule has 0 radical (unpaired) electrons. The molecule has 2 aliphatic rings. The van der Waals surface area contributed by atoms with Gasteiger partial charge in [-0.15, -0.1) is 0 Å². The zero-order valence-corrected chi connectivity index (χ0v) is 25.0. The summed E-state index contributed by atoms with van der Waals surface area (Å²) in [5.74, 6) is 1.44. The number of rotatable bonds is 3. The fraction of sp³-hybridized carbons (Fsp3) is 0.409. The topological polar surface area (TPSA) is 86.8 Å². The van der Waals surface area contributed by atoms with Gasteiger partial charge in [-0.05, 0) is 20.8 Å². The van der Waals surface area contributed by atoms with Crippen LogP contribution >= 0.6 is 23.4 Å². The monoisotopic (exact) mass is 679 g/mol. The van der Waals surface area contributed by atoms with Crippen LogP contribution in [0.1, 0.15) is 54.7 Å². The Balaban J connectivity index is 1.55. The quantitative estimate of drug-likeness (QED) is 0.469.